The van der Waals surface area contributed by atoms with Gasteiger partial charge in [0.05, 0.1) is 24.7 Å². The van der Waals surface area contributed by atoms with Gasteiger partial charge in [-0.05, 0) is 15.4 Å². The minimum atomic E-state index is -2.69. The van der Waals surface area contributed by atoms with Gasteiger partial charge in [-0.1, -0.05) is 87.5 Å². The molecule has 2 aromatic carbocycles. The van der Waals surface area contributed by atoms with E-state index < -0.39 is 14.4 Å². The Morgan fingerprint density at radius 3 is 1.93 bits per heavy atom. The third kappa shape index (κ3) is 4.75. The second-order valence-electron chi connectivity index (χ2n) is 7.81. The Morgan fingerprint density at radius 1 is 1.07 bits per heavy atom. The quantitative estimate of drug-likeness (QED) is 0.561. The van der Waals surface area contributed by atoms with Gasteiger partial charge in [-0.25, -0.2) is 0 Å². The molecule has 0 aliphatic carbocycles. The number of aliphatic hydroxyl groups excluding tert-OH is 1. The van der Waals surface area contributed by atoms with E-state index in [1.54, 1.807) is 6.08 Å². The van der Waals surface area contributed by atoms with Crippen molar-refractivity contribution in [1.29, 1.82) is 5.26 Å². The van der Waals surface area contributed by atoms with E-state index in [-0.39, 0.29) is 17.6 Å². The molecular weight excluding hydrogens is 350 g/mol. The molecule has 0 aromatic heterocycles. The topological polar surface area (TPSA) is 53.2 Å². The van der Waals surface area contributed by atoms with E-state index in [0.29, 0.717) is 6.42 Å². The van der Waals surface area contributed by atoms with Crippen LogP contribution in [0.1, 0.15) is 33.6 Å². The summed E-state index contributed by atoms with van der Waals surface area (Å²) in [4.78, 5) is 0. The fourth-order valence-electron chi connectivity index (χ4n) is 3.57. The second kappa shape index (κ2) is 9.14. The number of aliphatic hydroxyl groups is 1. The smallest absolute Gasteiger partial charge is 0.261 e. The average Bonchev–Trinajstić information content (AvgIpc) is 2.65. The third-order valence-electron chi connectivity index (χ3n) is 4.84. The number of hydrogen-bond acceptors (Lipinski definition) is 3. The number of hydrogen-bond donors (Lipinski definition) is 1. The van der Waals surface area contributed by atoms with Crippen molar-refractivity contribution in [3.63, 3.8) is 0 Å². The molecule has 0 saturated carbocycles. The zero-order valence-electron chi connectivity index (χ0n) is 16.4. The molecule has 0 aliphatic heterocycles. The van der Waals surface area contributed by atoms with Crippen molar-refractivity contribution in [2.24, 2.45) is 0 Å². The summed E-state index contributed by atoms with van der Waals surface area (Å²) >= 11 is 0. The summed E-state index contributed by atoms with van der Waals surface area (Å²) in [6.45, 7) is 10.6. The van der Waals surface area contributed by atoms with Gasteiger partial charge in [-0.2, -0.15) is 5.26 Å². The largest absolute Gasteiger partial charge is 0.401 e. The first kappa shape index (κ1) is 21.1. The Hall–Kier alpha value is -2.19. The highest BCUT2D eigenvalue weighted by Crippen LogP contribution is 2.38. The highest BCUT2D eigenvalue weighted by Gasteiger charge is 2.51. The highest BCUT2D eigenvalue weighted by atomic mass is 28.4. The predicted octanol–water partition coefficient (Wildman–Crippen LogP) is 3.78. The molecule has 0 heterocycles. The molecular formula is C23H29NO2Si. The van der Waals surface area contributed by atoms with Gasteiger partial charge in [0, 0.05) is 6.42 Å². The molecule has 3 nitrogen and oxygen atoms in total. The third-order valence-corrected chi connectivity index (χ3v) is 9.90. The molecule has 0 bridgehead atoms. The first-order chi connectivity index (χ1) is 12.8. The zero-order valence-corrected chi connectivity index (χ0v) is 17.4. The average molecular weight is 380 g/mol. The molecule has 2 atom stereocenters. The zero-order chi connectivity index (χ0) is 19.9. The lowest BCUT2D eigenvalue weighted by atomic mass is 10.1. The van der Waals surface area contributed by atoms with Crippen molar-refractivity contribution in [2.75, 3.05) is 0 Å². The number of benzene rings is 2. The van der Waals surface area contributed by atoms with Crippen molar-refractivity contribution in [3.8, 4) is 6.07 Å². The summed E-state index contributed by atoms with van der Waals surface area (Å²) in [7, 11) is -2.69. The Kier molecular flexibility index (Phi) is 7.15. The van der Waals surface area contributed by atoms with E-state index >= 15 is 0 Å². The molecule has 0 radical (unpaired) electrons. The van der Waals surface area contributed by atoms with Crippen molar-refractivity contribution >= 4 is 18.7 Å². The molecule has 1 N–H and O–H groups in total. The summed E-state index contributed by atoms with van der Waals surface area (Å²) in [6.07, 6.45) is 1.14. The van der Waals surface area contributed by atoms with Crippen LogP contribution in [0.4, 0.5) is 0 Å². The van der Waals surface area contributed by atoms with Crippen LogP contribution < -0.4 is 10.4 Å². The summed E-state index contributed by atoms with van der Waals surface area (Å²) in [5, 5.41) is 21.3. The van der Waals surface area contributed by atoms with Crippen LogP contribution in [0.3, 0.4) is 0 Å². The van der Waals surface area contributed by atoms with Gasteiger partial charge in [0.2, 0.25) is 0 Å². The van der Waals surface area contributed by atoms with Gasteiger partial charge in [0.25, 0.3) is 8.32 Å². The Bertz CT molecular complexity index is 723. The molecule has 2 rings (SSSR count). The molecule has 4 heteroatoms. The molecule has 0 fully saturated rings. The van der Waals surface area contributed by atoms with Crippen molar-refractivity contribution in [2.45, 2.75) is 50.9 Å². The van der Waals surface area contributed by atoms with Gasteiger partial charge in [0.15, 0.2) is 0 Å². The van der Waals surface area contributed by atoms with Crippen molar-refractivity contribution < 1.29 is 9.53 Å². The first-order valence-electron chi connectivity index (χ1n) is 9.31. The SMILES string of the molecule is C=CC(CC(O)CC#N)O[Si](c1ccccc1)(c1ccccc1)C(C)(C)C. The van der Waals surface area contributed by atoms with Crippen LogP contribution in [0, 0.1) is 11.3 Å². The van der Waals surface area contributed by atoms with E-state index in [1.165, 1.54) is 10.4 Å². The lowest BCUT2D eigenvalue weighted by Gasteiger charge is -2.45. The van der Waals surface area contributed by atoms with Gasteiger partial charge in [0.1, 0.15) is 0 Å². The predicted molar refractivity (Wildman–Crippen MR) is 114 cm³/mol. The Morgan fingerprint density at radius 2 is 1.56 bits per heavy atom. The van der Waals surface area contributed by atoms with Gasteiger partial charge in [-0.15, -0.1) is 6.58 Å². The minimum absolute atomic E-state index is 0.0917. The van der Waals surface area contributed by atoms with Gasteiger partial charge >= 0.3 is 0 Å². The van der Waals surface area contributed by atoms with E-state index in [2.05, 4.69) is 51.6 Å². The maximum absolute atomic E-state index is 10.2. The molecule has 2 aromatic rings. The molecule has 27 heavy (non-hydrogen) atoms. The lowest BCUT2D eigenvalue weighted by Crippen LogP contribution is -2.67. The molecule has 142 valence electrons. The summed E-state index contributed by atoms with van der Waals surface area (Å²) in [6, 6.07) is 22.8. The Balaban J connectivity index is 2.58. The monoisotopic (exact) mass is 379 g/mol. The maximum atomic E-state index is 10.2. The van der Waals surface area contributed by atoms with E-state index in [1.807, 2.05) is 42.5 Å². The second-order valence-corrected chi connectivity index (χ2v) is 12.1. The molecule has 0 saturated heterocycles. The van der Waals surface area contributed by atoms with Crippen LogP contribution >= 0.6 is 0 Å². The molecule has 0 spiro atoms. The molecule has 0 aliphatic rings. The minimum Gasteiger partial charge on any atom is -0.401 e. The highest BCUT2D eigenvalue weighted by molar-refractivity contribution is 6.99. The fraction of sp³-hybridized carbons (Fsp3) is 0.348. The van der Waals surface area contributed by atoms with Crippen LogP contribution in [0.2, 0.25) is 5.04 Å². The Labute approximate surface area is 164 Å². The fourth-order valence-corrected chi connectivity index (χ4v) is 8.23. The van der Waals surface area contributed by atoms with E-state index in [4.69, 9.17) is 9.69 Å². The number of nitriles is 1. The van der Waals surface area contributed by atoms with Crippen LogP contribution in [-0.2, 0) is 4.43 Å². The summed E-state index contributed by atoms with van der Waals surface area (Å²) < 4.78 is 6.89. The van der Waals surface area contributed by atoms with Crippen LogP contribution in [0.15, 0.2) is 73.3 Å². The van der Waals surface area contributed by atoms with E-state index in [0.717, 1.165) is 0 Å². The van der Waals surface area contributed by atoms with Crippen LogP contribution in [0.25, 0.3) is 0 Å². The van der Waals surface area contributed by atoms with E-state index in [9.17, 15) is 5.11 Å². The standard InChI is InChI=1S/C23H29NO2Si/c1-5-20(18-19(25)16-17-24)26-27(23(2,3)4,21-12-8-6-9-13-21)22-14-10-7-11-15-22/h5-15,19-20,25H,1,16,18H2,2-4H3. The van der Waals surface area contributed by atoms with Gasteiger partial charge < -0.3 is 9.53 Å². The molecule has 0 amide bonds. The summed E-state index contributed by atoms with van der Waals surface area (Å²) in [5.41, 5.74) is 0. The normalized spacial score (nSPS) is 14.2. The first-order valence-corrected chi connectivity index (χ1v) is 11.2. The maximum Gasteiger partial charge on any atom is 0.261 e. The van der Waals surface area contributed by atoms with Gasteiger partial charge in [-0.3, -0.25) is 0 Å². The molecule has 2 unspecified atom stereocenters. The summed E-state index contributed by atoms with van der Waals surface area (Å²) in [5.74, 6) is 0. The van der Waals surface area contributed by atoms with Crippen molar-refractivity contribution in [3.05, 3.63) is 73.3 Å². The number of nitrogens with zero attached hydrogens (tertiary/aromatic N) is 1. The van der Waals surface area contributed by atoms with Crippen molar-refractivity contribution in [1.82, 2.24) is 0 Å². The lowest BCUT2D eigenvalue weighted by molar-refractivity contribution is 0.113. The van der Waals surface area contributed by atoms with Crippen LogP contribution in [-0.4, -0.2) is 25.6 Å². The van der Waals surface area contributed by atoms with Crippen LogP contribution in [0.5, 0.6) is 0 Å². The number of rotatable bonds is 8.